The zero-order valence-corrected chi connectivity index (χ0v) is 18.2. The fraction of sp³-hybridized carbons (Fsp3) is 0. The number of carbonyl (C=O) groups excluding carboxylic acids is 2. The molecule has 29 heavy (non-hydrogen) atoms. The Balaban J connectivity index is 1.82. The minimum Gasteiger partial charge on any atom is -0.288 e. The number of hydrogen-bond acceptors (Lipinski definition) is 3. The van der Waals surface area contributed by atoms with Crippen LogP contribution in [-0.2, 0) is 0 Å². The molecule has 0 aliphatic rings. The molecule has 0 aliphatic carbocycles. The molecule has 3 aromatic carbocycles. The second-order valence-corrected chi connectivity index (χ2v) is 8.17. The van der Waals surface area contributed by atoms with Crippen LogP contribution in [0.5, 0.6) is 0 Å². The van der Waals surface area contributed by atoms with E-state index < -0.39 is 0 Å². The fourth-order valence-corrected chi connectivity index (χ4v) is 3.44. The molecule has 0 aliphatic heterocycles. The standard InChI is InChI=1S/C23H14Br2N2O2/c24-17-10-6-15(7-11-17)22(28)20-14-27(19-4-2-1-3-5-19)26-21(20)23(29)16-8-12-18(25)13-9-16/h1-14H. The Kier molecular flexibility index (Phi) is 5.56. The predicted octanol–water partition coefficient (Wildman–Crippen LogP) is 5.86. The van der Waals surface area contributed by atoms with Crippen LogP contribution in [0.1, 0.15) is 32.0 Å². The molecule has 0 radical (unpaired) electrons. The van der Waals surface area contributed by atoms with Gasteiger partial charge in [-0.05, 0) is 60.7 Å². The van der Waals surface area contributed by atoms with E-state index in [-0.39, 0.29) is 22.8 Å². The molecular weight excluding hydrogens is 496 g/mol. The Hall–Kier alpha value is -2.83. The molecule has 0 bridgehead atoms. The van der Waals surface area contributed by atoms with Gasteiger partial charge in [-0.3, -0.25) is 9.59 Å². The Morgan fingerprint density at radius 2 is 1.21 bits per heavy atom. The molecular formula is C23H14Br2N2O2. The number of nitrogens with zero attached hydrogens (tertiary/aromatic N) is 2. The minimum absolute atomic E-state index is 0.129. The van der Waals surface area contributed by atoms with E-state index in [0.29, 0.717) is 11.1 Å². The van der Waals surface area contributed by atoms with Crippen LogP contribution in [0.4, 0.5) is 0 Å². The molecule has 0 atom stereocenters. The number of hydrogen-bond donors (Lipinski definition) is 0. The zero-order chi connectivity index (χ0) is 20.4. The Morgan fingerprint density at radius 1 is 0.690 bits per heavy atom. The first-order chi connectivity index (χ1) is 14.0. The highest BCUT2D eigenvalue weighted by atomic mass is 79.9. The summed E-state index contributed by atoms with van der Waals surface area (Å²) in [4.78, 5) is 26.3. The molecule has 0 N–H and O–H groups in total. The van der Waals surface area contributed by atoms with Crippen LogP contribution in [0, 0.1) is 0 Å². The summed E-state index contributed by atoms with van der Waals surface area (Å²) >= 11 is 6.74. The first-order valence-electron chi connectivity index (χ1n) is 8.78. The molecule has 0 saturated heterocycles. The highest BCUT2D eigenvalue weighted by Crippen LogP contribution is 2.22. The van der Waals surface area contributed by atoms with Gasteiger partial charge in [0, 0.05) is 26.3 Å². The van der Waals surface area contributed by atoms with Crippen LogP contribution in [0.15, 0.2) is 94.0 Å². The molecule has 6 heteroatoms. The quantitative estimate of drug-likeness (QED) is 0.316. The van der Waals surface area contributed by atoms with Gasteiger partial charge < -0.3 is 0 Å². The van der Waals surface area contributed by atoms with Crippen molar-refractivity contribution in [1.29, 1.82) is 0 Å². The van der Waals surface area contributed by atoms with Crippen LogP contribution in [0.25, 0.3) is 5.69 Å². The number of rotatable bonds is 5. The van der Waals surface area contributed by atoms with Gasteiger partial charge in [0.2, 0.25) is 5.78 Å². The SMILES string of the molecule is O=C(c1ccc(Br)cc1)c1cn(-c2ccccc2)nc1C(=O)c1ccc(Br)cc1. The lowest BCUT2D eigenvalue weighted by Crippen LogP contribution is -2.10. The molecule has 1 aromatic heterocycles. The van der Waals surface area contributed by atoms with Crippen molar-refractivity contribution in [2.24, 2.45) is 0 Å². The molecule has 0 fully saturated rings. The van der Waals surface area contributed by atoms with Gasteiger partial charge in [-0.1, -0.05) is 50.1 Å². The summed E-state index contributed by atoms with van der Waals surface area (Å²) in [5.41, 5.74) is 2.13. The molecule has 4 rings (SSSR count). The Labute approximate surface area is 184 Å². The van der Waals surface area contributed by atoms with Crippen molar-refractivity contribution >= 4 is 43.4 Å². The minimum atomic E-state index is -0.298. The third kappa shape index (κ3) is 4.13. The topological polar surface area (TPSA) is 52.0 Å². The summed E-state index contributed by atoms with van der Waals surface area (Å²) in [5.74, 6) is -0.548. The largest absolute Gasteiger partial charge is 0.288 e. The summed E-state index contributed by atoms with van der Waals surface area (Å²) in [7, 11) is 0. The highest BCUT2D eigenvalue weighted by molar-refractivity contribution is 9.10. The lowest BCUT2D eigenvalue weighted by atomic mass is 9.99. The first kappa shape index (κ1) is 19.5. The van der Waals surface area contributed by atoms with Gasteiger partial charge in [-0.25, -0.2) is 4.68 Å². The van der Waals surface area contributed by atoms with Crippen LogP contribution >= 0.6 is 31.9 Å². The van der Waals surface area contributed by atoms with E-state index in [2.05, 4.69) is 37.0 Å². The maximum atomic E-state index is 13.2. The zero-order valence-electron chi connectivity index (χ0n) is 15.0. The van der Waals surface area contributed by atoms with E-state index in [0.717, 1.165) is 14.6 Å². The number of para-hydroxylation sites is 1. The van der Waals surface area contributed by atoms with Gasteiger partial charge >= 0.3 is 0 Å². The van der Waals surface area contributed by atoms with E-state index in [1.54, 1.807) is 59.4 Å². The summed E-state index contributed by atoms with van der Waals surface area (Å²) in [6, 6.07) is 23.4. The van der Waals surface area contributed by atoms with Crippen molar-refractivity contribution in [3.05, 3.63) is 116 Å². The van der Waals surface area contributed by atoms with E-state index in [1.165, 1.54) is 0 Å². The van der Waals surface area contributed by atoms with Crippen molar-refractivity contribution in [3.63, 3.8) is 0 Å². The smallest absolute Gasteiger partial charge is 0.214 e. The van der Waals surface area contributed by atoms with Gasteiger partial charge in [0.15, 0.2) is 5.78 Å². The van der Waals surface area contributed by atoms with Gasteiger partial charge in [-0.15, -0.1) is 0 Å². The van der Waals surface area contributed by atoms with Crippen molar-refractivity contribution in [1.82, 2.24) is 9.78 Å². The van der Waals surface area contributed by atoms with Gasteiger partial charge in [-0.2, -0.15) is 5.10 Å². The van der Waals surface area contributed by atoms with Gasteiger partial charge in [0.25, 0.3) is 0 Å². The number of ketones is 2. The molecule has 1 heterocycles. The maximum absolute atomic E-state index is 13.2. The number of benzene rings is 3. The monoisotopic (exact) mass is 508 g/mol. The predicted molar refractivity (Wildman–Crippen MR) is 119 cm³/mol. The lowest BCUT2D eigenvalue weighted by Gasteiger charge is -2.03. The van der Waals surface area contributed by atoms with E-state index in [4.69, 9.17) is 0 Å². The molecule has 0 saturated carbocycles. The Morgan fingerprint density at radius 3 is 1.76 bits per heavy atom. The number of halogens is 2. The van der Waals surface area contributed by atoms with Gasteiger partial charge in [0.05, 0.1) is 11.3 Å². The van der Waals surface area contributed by atoms with Crippen molar-refractivity contribution in [2.75, 3.05) is 0 Å². The average Bonchev–Trinajstić information content (AvgIpc) is 3.20. The lowest BCUT2D eigenvalue weighted by molar-refractivity contribution is 0.100. The second-order valence-electron chi connectivity index (χ2n) is 6.34. The molecule has 142 valence electrons. The third-order valence-corrected chi connectivity index (χ3v) is 5.46. The number of aromatic nitrogens is 2. The Bertz CT molecular complexity index is 1110. The van der Waals surface area contributed by atoms with Crippen LogP contribution < -0.4 is 0 Å². The van der Waals surface area contributed by atoms with Crippen LogP contribution in [0.2, 0.25) is 0 Å². The number of carbonyl (C=O) groups is 2. The van der Waals surface area contributed by atoms with Crippen LogP contribution in [-0.4, -0.2) is 21.3 Å². The van der Waals surface area contributed by atoms with Gasteiger partial charge in [0.1, 0.15) is 5.69 Å². The van der Waals surface area contributed by atoms with Crippen LogP contribution in [0.3, 0.4) is 0 Å². The van der Waals surface area contributed by atoms with Crippen molar-refractivity contribution < 1.29 is 9.59 Å². The van der Waals surface area contributed by atoms with E-state index in [1.807, 2.05) is 30.3 Å². The molecule has 4 aromatic rings. The fourth-order valence-electron chi connectivity index (χ4n) is 2.92. The van der Waals surface area contributed by atoms with Crippen molar-refractivity contribution in [3.8, 4) is 5.69 Å². The first-order valence-corrected chi connectivity index (χ1v) is 10.4. The van der Waals surface area contributed by atoms with Crippen molar-refractivity contribution in [2.45, 2.75) is 0 Å². The summed E-state index contributed by atoms with van der Waals surface area (Å²) in [6.45, 7) is 0. The summed E-state index contributed by atoms with van der Waals surface area (Å²) < 4.78 is 3.31. The molecule has 0 amide bonds. The van der Waals surface area contributed by atoms with E-state index >= 15 is 0 Å². The second kappa shape index (κ2) is 8.27. The maximum Gasteiger partial charge on any atom is 0.214 e. The molecule has 0 unspecified atom stereocenters. The molecule has 0 spiro atoms. The third-order valence-electron chi connectivity index (χ3n) is 4.41. The normalized spacial score (nSPS) is 10.7. The average molecular weight is 510 g/mol. The van der Waals surface area contributed by atoms with E-state index in [9.17, 15) is 9.59 Å². The summed E-state index contributed by atoms with van der Waals surface area (Å²) in [5, 5.41) is 4.47. The summed E-state index contributed by atoms with van der Waals surface area (Å²) in [6.07, 6.45) is 1.62. The highest BCUT2D eigenvalue weighted by Gasteiger charge is 2.24. The molecule has 4 nitrogen and oxygen atoms in total.